The molecule has 0 aliphatic rings. The van der Waals surface area contributed by atoms with E-state index in [0.29, 0.717) is 5.88 Å². The zero-order valence-corrected chi connectivity index (χ0v) is 12.5. The molecular weight excluding hydrogens is 289 g/mol. The second-order valence-corrected chi connectivity index (χ2v) is 4.89. The normalized spacial score (nSPS) is 11.4. The van der Waals surface area contributed by atoms with Crippen molar-refractivity contribution in [2.24, 2.45) is 0 Å². The van der Waals surface area contributed by atoms with Gasteiger partial charge in [-0.1, -0.05) is 6.92 Å². The van der Waals surface area contributed by atoms with Crippen molar-refractivity contribution in [1.82, 2.24) is 14.7 Å². The number of hydrogen-bond donors (Lipinski definition) is 0. The number of hydrogen-bond acceptors (Lipinski definition) is 2. The molecule has 1 aromatic rings. The van der Waals surface area contributed by atoms with E-state index in [1.165, 1.54) is 5.69 Å². The van der Waals surface area contributed by atoms with Crippen LogP contribution >= 0.6 is 27.5 Å². The van der Waals surface area contributed by atoms with Crippen molar-refractivity contribution in [3.8, 4) is 0 Å². The first-order chi connectivity index (χ1) is 7.63. The summed E-state index contributed by atoms with van der Waals surface area (Å²) < 4.78 is 3.18. The van der Waals surface area contributed by atoms with Crippen molar-refractivity contribution < 1.29 is 0 Å². The highest BCUT2D eigenvalue weighted by Crippen LogP contribution is 2.22. The molecule has 0 amide bonds. The van der Waals surface area contributed by atoms with Crippen LogP contribution in [0.4, 0.5) is 0 Å². The quantitative estimate of drug-likeness (QED) is 0.753. The second kappa shape index (κ2) is 6.62. The Morgan fingerprint density at radius 1 is 1.44 bits per heavy atom. The lowest BCUT2D eigenvalue weighted by atomic mass is 10.3. The van der Waals surface area contributed by atoms with Crippen molar-refractivity contribution >= 4 is 27.5 Å². The van der Waals surface area contributed by atoms with Crippen molar-refractivity contribution in [2.45, 2.75) is 33.9 Å². The first-order valence-corrected chi connectivity index (χ1v) is 6.96. The van der Waals surface area contributed by atoms with Gasteiger partial charge < -0.3 is 0 Å². The number of alkyl halides is 1. The molecule has 1 rings (SSSR count). The number of aromatic nitrogens is 2. The highest BCUT2D eigenvalue weighted by molar-refractivity contribution is 9.10. The van der Waals surface area contributed by atoms with Gasteiger partial charge in [0.05, 0.1) is 15.9 Å². The average Bonchev–Trinajstić information content (AvgIpc) is 2.55. The third-order valence-electron chi connectivity index (χ3n) is 2.67. The predicted octanol–water partition coefficient (Wildman–Crippen LogP) is 3.03. The van der Waals surface area contributed by atoms with E-state index >= 15 is 0 Å². The summed E-state index contributed by atoms with van der Waals surface area (Å²) in [7, 11) is 0. The van der Waals surface area contributed by atoms with Crippen molar-refractivity contribution in [3.63, 3.8) is 0 Å². The fourth-order valence-electron chi connectivity index (χ4n) is 1.70. The summed E-state index contributed by atoms with van der Waals surface area (Å²) in [4.78, 5) is 2.32. The monoisotopic (exact) mass is 307 g/mol. The van der Waals surface area contributed by atoms with E-state index in [-0.39, 0.29) is 0 Å². The van der Waals surface area contributed by atoms with Gasteiger partial charge in [-0.15, -0.1) is 11.6 Å². The maximum atomic E-state index is 5.78. The molecule has 0 atom stereocenters. The summed E-state index contributed by atoms with van der Waals surface area (Å²) in [6.45, 7) is 10.0. The Labute approximate surface area is 111 Å². The van der Waals surface area contributed by atoms with Crippen LogP contribution in [0.25, 0.3) is 0 Å². The summed E-state index contributed by atoms with van der Waals surface area (Å²) in [5.41, 5.74) is 2.30. The molecule has 0 saturated carbocycles. The Balaban J connectivity index is 2.85. The van der Waals surface area contributed by atoms with Crippen LogP contribution in [-0.2, 0) is 13.1 Å². The highest BCUT2D eigenvalue weighted by atomic mass is 79.9. The van der Waals surface area contributed by atoms with Gasteiger partial charge in [-0.25, -0.2) is 0 Å². The molecular formula is C11H19BrClN3. The Hall–Kier alpha value is -0.0600. The van der Waals surface area contributed by atoms with E-state index in [0.717, 1.165) is 36.3 Å². The van der Waals surface area contributed by atoms with Gasteiger partial charge in [0, 0.05) is 25.5 Å². The minimum atomic E-state index is 0.671. The Morgan fingerprint density at radius 3 is 2.62 bits per heavy atom. The smallest absolute Gasteiger partial charge is 0.0739 e. The number of rotatable bonds is 6. The molecule has 0 aliphatic heterocycles. The van der Waals surface area contributed by atoms with Crippen molar-refractivity contribution in [2.75, 3.05) is 19.0 Å². The first kappa shape index (κ1) is 14.0. The van der Waals surface area contributed by atoms with Gasteiger partial charge in [-0.2, -0.15) is 5.10 Å². The molecule has 0 radical (unpaired) electrons. The van der Waals surface area contributed by atoms with Crippen LogP contribution < -0.4 is 0 Å². The fourth-order valence-corrected chi connectivity index (χ4v) is 2.35. The third-order valence-corrected chi connectivity index (χ3v) is 3.87. The number of halogens is 2. The Bertz CT molecular complexity index is 338. The molecule has 0 aliphatic carbocycles. The lowest BCUT2D eigenvalue weighted by Gasteiger charge is -2.19. The molecule has 0 aromatic carbocycles. The van der Waals surface area contributed by atoms with Crippen LogP contribution in [0.3, 0.4) is 0 Å². The van der Waals surface area contributed by atoms with Crippen molar-refractivity contribution in [1.29, 1.82) is 0 Å². The number of aryl methyl sites for hydroxylation is 2. The molecule has 0 N–H and O–H groups in total. The van der Waals surface area contributed by atoms with Gasteiger partial charge in [-0.3, -0.25) is 9.58 Å². The van der Waals surface area contributed by atoms with Crippen LogP contribution in [0.1, 0.15) is 25.2 Å². The van der Waals surface area contributed by atoms with E-state index in [2.05, 4.69) is 44.5 Å². The third kappa shape index (κ3) is 3.22. The topological polar surface area (TPSA) is 21.1 Å². The van der Waals surface area contributed by atoms with Gasteiger partial charge in [0.25, 0.3) is 0 Å². The molecule has 0 unspecified atom stereocenters. The number of nitrogens with zero attached hydrogens (tertiary/aromatic N) is 3. The van der Waals surface area contributed by atoms with E-state index in [4.69, 9.17) is 11.6 Å². The van der Waals surface area contributed by atoms with E-state index in [1.54, 1.807) is 0 Å². The summed E-state index contributed by atoms with van der Waals surface area (Å²) in [5.74, 6) is 0.671. The van der Waals surface area contributed by atoms with Gasteiger partial charge in [0.1, 0.15) is 0 Å². The molecule has 0 spiro atoms. The molecule has 1 aromatic heterocycles. The summed E-state index contributed by atoms with van der Waals surface area (Å²) in [5, 5.41) is 4.49. The predicted molar refractivity (Wildman–Crippen MR) is 72.0 cm³/mol. The molecule has 0 saturated heterocycles. The average molecular weight is 309 g/mol. The molecule has 92 valence electrons. The van der Waals surface area contributed by atoms with Crippen LogP contribution in [0.5, 0.6) is 0 Å². The van der Waals surface area contributed by atoms with Gasteiger partial charge in [0.15, 0.2) is 0 Å². The Kier molecular flexibility index (Phi) is 5.79. The SMILES string of the molecule is CCN(CCCl)Cc1c(Br)c(C)nn1CC. The van der Waals surface area contributed by atoms with Crippen molar-refractivity contribution in [3.05, 3.63) is 15.9 Å². The van der Waals surface area contributed by atoms with E-state index in [9.17, 15) is 0 Å². The molecule has 3 nitrogen and oxygen atoms in total. The molecule has 0 bridgehead atoms. The van der Waals surface area contributed by atoms with E-state index in [1.807, 2.05) is 6.92 Å². The lowest BCUT2D eigenvalue weighted by molar-refractivity contribution is 0.287. The van der Waals surface area contributed by atoms with E-state index < -0.39 is 0 Å². The molecule has 16 heavy (non-hydrogen) atoms. The second-order valence-electron chi connectivity index (χ2n) is 3.72. The molecule has 0 fully saturated rings. The van der Waals surface area contributed by atoms with Gasteiger partial charge in [-0.05, 0) is 36.3 Å². The summed E-state index contributed by atoms with van der Waals surface area (Å²) in [6, 6.07) is 0. The molecule has 1 heterocycles. The standard InChI is InChI=1S/C11H19BrClN3/c1-4-15(7-6-13)8-10-11(12)9(3)14-16(10)5-2/h4-8H2,1-3H3. The highest BCUT2D eigenvalue weighted by Gasteiger charge is 2.14. The summed E-state index contributed by atoms with van der Waals surface area (Å²) in [6.07, 6.45) is 0. The Morgan fingerprint density at radius 2 is 2.12 bits per heavy atom. The first-order valence-electron chi connectivity index (χ1n) is 5.64. The van der Waals surface area contributed by atoms with Crippen LogP contribution in [0.2, 0.25) is 0 Å². The summed E-state index contributed by atoms with van der Waals surface area (Å²) >= 11 is 9.39. The zero-order valence-electron chi connectivity index (χ0n) is 10.1. The maximum absolute atomic E-state index is 5.78. The van der Waals surface area contributed by atoms with Crippen LogP contribution in [0, 0.1) is 6.92 Å². The lowest BCUT2D eigenvalue weighted by Crippen LogP contribution is -2.26. The fraction of sp³-hybridized carbons (Fsp3) is 0.727. The molecule has 5 heteroatoms. The van der Waals surface area contributed by atoms with Gasteiger partial charge >= 0.3 is 0 Å². The zero-order chi connectivity index (χ0) is 12.1. The maximum Gasteiger partial charge on any atom is 0.0739 e. The largest absolute Gasteiger partial charge is 0.297 e. The minimum Gasteiger partial charge on any atom is -0.297 e. The van der Waals surface area contributed by atoms with Crippen LogP contribution in [-0.4, -0.2) is 33.6 Å². The minimum absolute atomic E-state index is 0.671. The van der Waals surface area contributed by atoms with Gasteiger partial charge in [0.2, 0.25) is 0 Å². The van der Waals surface area contributed by atoms with Crippen LogP contribution in [0.15, 0.2) is 4.47 Å².